The van der Waals surface area contributed by atoms with Gasteiger partial charge in [-0.25, -0.2) is 4.39 Å². The van der Waals surface area contributed by atoms with Crippen molar-refractivity contribution in [3.05, 3.63) is 71.0 Å². The molecule has 3 rings (SSSR count). The minimum atomic E-state index is -0.143. The number of halogens is 1. The fourth-order valence-corrected chi connectivity index (χ4v) is 3.26. The maximum Gasteiger partial charge on any atom is 0.123 e. The molecular weight excluding hydrogens is 261 g/mol. The van der Waals surface area contributed by atoms with Gasteiger partial charge in [-0.2, -0.15) is 0 Å². The topological polar surface area (TPSA) is 12.0 Å². The predicted molar refractivity (Wildman–Crippen MR) is 85.1 cm³/mol. The molecule has 2 heteroatoms. The third kappa shape index (κ3) is 3.16. The lowest BCUT2D eigenvalue weighted by molar-refractivity contribution is 0.397. The first-order valence-electron chi connectivity index (χ1n) is 7.83. The first-order valence-corrected chi connectivity index (χ1v) is 7.83. The normalized spacial score (nSPS) is 17.9. The molecule has 1 nitrogen and oxygen atoms in total. The van der Waals surface area contributed by atoms with Gasteiger partial charge in [-0.3, -0.25) is 0 Å². The first-order chi connectivity index (χ1) is 10.3. The first kappa shape index (κ1) is 14.3. The predicted octanol–water partition coefficient (Wildman–Crippen LogP) is 4.08. The number of hydrogen-bond acceptors (Lipinski definition) is 1. The van der Waals surface area contributed by atoms with Gasteiger partial charge in [-0.1, -0.05) is 43.3 Å². The van der Waals surface area contributed by atoms with Gasteiger partial charge in [0.05, 0.1) is 0 Å². The monoisotopic (exact) mass is 283 g/mol. The smallest absolute Gasteiger partial charge is 0.123 e. The average molecular weight is 283 g/mol. The van der Waals surface area contributed by atoms with Crippen LogP contribution in [0.3, 0.4) is 0 Å². The van der Waals surface area contributed by atoms with Crippen molar-refractivity contribution in [3.8, 4) is 0 Å². The van der Waals surface area contributed by atoms with E-state index in [1.165, 1.54) is 17.2 Å². The lowest BCUT2D eigenvalue weighted by Crippen LogP contribution is -2.42. The molecule has 0 saturated carbocycles. The summed E-state index contributed by atoms with van der Waals surface area (Å²) in [6.45, 7) is 3.19. The Kier molecular flexibility index (Phi) is 4.35. The van der Waals surface area contributed by atoms with E-state index >= 15 is 0 Å². The molecule has 2 aromatic rings. The number of benzene rings is 2. The Hall–Kier alpha value is -1.67. The zero-order chi connectivity index (χ0) is 14.7. The molecule has 0 bridgehead atoms. The third-order valence-corrected chi connectivity index (χ3v) is 4.38. The second-order valence-electron chi connectivity index (χ2n) is 5.90. The van der Waals surface area contributed by atoms with Gasteiger partial charge in [0.1, 0.15) is 5.82 Å². The lowest BCUT2D eigenvalue weighted by atomic mass is 9.72. The molecule has 110 valence electrons. The lowest BCUT2D eigenvalue weighted by Gasteiger charge is -2.37. The van der Waals surface area contributed by atoms with Crippen molar-refractivity contribution in [2.24, 2.45) is 0 Å². The Bertz CT molecular complexity index is 608. The van der Waals surface area contributed by atoms with Crippen LogP contribution in [0.15, 0.2) is 48.5 Å². The second-order valence-corrected chi connectivity index (χ2v) is 5.90. The standard InChI is InChI=1S/C19H22FN/c1-2-10-21-19(12-14-6-5-8-16(20)11-14)18-13-15-7-3-4-9-17(15)18/h3-9,11,18-19,21H,2,10,12-13H2,1H3. The molecule has 1 N–H and O–H groups in total. The Morgan fingerprint density at radius 3 is 2.81 bits per heavy atom. The molecule has 0 saturated heterocycles. The minimum absolute atomic E-state index is 0.143. The maximum atomic E-state index is 13.4. The Morgan fingerprint density at radius 2 is 2.05 bits per heavy atom. The van der Waals surface area contributed by atoms with Crippen LogP contribution in [0.1, 0.15) is 36.0 Å². The molecule has 1 aliphatic rings. The van der Waals surface area contributed by atoms with E-state index in [9.17, 15) is 4.39 Å². The summed E-state index contributed by atoms with van der Waals surface area (Å²) in [5.41, 5.74) is 4.00. The molecule has 2 atom stereocenters. The van der Waals surface area contributed by atoms with Gasteiger partial charge < -0.3 is 5.32 Å². The fraction of sp³-hybridized carbons (Fsp3) is 0.368. The van der Waals surface area contributed by atoms with Crippen molar-refractivity contribution in [1.82, 2.24) is 5.32 Å². The molecule has 0 aromatic heterocycles. The van der Waals surface area contributed by atoms with Crippen molar-refractivity contribution >= 4 is 0 Å². The van der Waals surface area contributed by atoms with Crippen LogP contribution in [-0.2, 0) is 12.8 Å². The molecule has 21 heavy (non-hydrogen) atoms. The van der Waals surface area contributed by atoms with E-state index in [0.717, 1.165) is 31.4 Å². The quantitative estimate of drug-likeness (QED) is 0.842. The van der Waals surface area contributed by atoms with Crippen LogP contribution in [0.5, 0.6) is 0 Å². The van der Waals surface area contributed by atoms with E-state index in [-0.39, 0.29) is 5.82 Å². The molecule has 1 aliphatic carbocycles. The summed E-state index contributed by atoms with van der Waals surface area (Å²) in [6.07, 6.45) is 3.14. The number of hydrogen-bond donors (Lipinski definition) is 1. The summed E-state index contributed by atoms with van der Waals surface area (Å²) in [7, 11) is 0. The van der Waals surface area contributed by atoms with Gasteiger partial charge in [-0.15, -0.1) is 0 Å². The van der Waals surface area contributed by atoms with Crippen LogP contribution >= 0.6 is 0 Å². The summed E-state index contributed by atoms with van der Waals surface area (Å²) in [6, 6.07) is 16.1. The van der Waals surface area contributed by atoms with Crippen molar-refractivity contribution in [3.63, 3.8) is 0 Å². The van der Waals surface area contributed by atoms with Crippen LogP contribution in [0.25, 0.3) is 0 Å². The molecule has 0 amide bonds. The molecule has 2 unspecified atom stereocenters. The van der Waals surface area contributed by atoms with Crippen molar-refractivity contribution < 1.29 is 4.39 Å². The summed E-state index contributed by atoms with van der Waals surface area (Å²) in [5, 5.41) is 3.66. The SMILES string of the molecule is CCCNC(Cc1cccc(F)c1)C1Cc2ccccc21. The highest BCUT2D eigenvalue weighted by molar-refractivity contribution is 5.41. The number of rotatable bonds is 6. The van der Waals surface area contributed by atoms with Gasteiger partial charge in [0.15, 0.2) is 0 Å². The largest absolute Gasteiger partial charge is 0.313 e. The molecule has 0 heterocycles. The summed E-state index contributed by atoms with van der Waals surface area (Å²) in [4.78, 5) is 0. The van der Waals surface area contributed by atoms with Crippen LogP contribution in [0.4, 0.5) is 4.39 Å². The minimum Gasteiger partial charge on any atom is -0.313 e. The van der Waals surface area contributed by atoms with E-state index in [0.29, 0.717) is 12.0 Å². The van der Waals surface area contributed by atoms with E-state index in [4.69, 9.17) is 0 Å². The van der Waals surface area contributed by atoms with Crippen LogP contribution in [0, 0.1) is 5.82 Å². The molecule has 2 aromatic carbocycles. The van der Waals surface area contributed by atoms with Crippen molar-refractivity contribution in [2.75, 3.05) is 6.54 Å². The highest BCUT2D eigenvalue weighted by Crippen LogP contribution is 2.38. The highest BCUT2D eigenvalue weighted by atomic mass is 19.1. The van der Waals surface area contributed by atoms with Gasteiger partial charge in [-0.05, 0) is 54.6 Å². The zero-order valence-electron chi connectivity index (χ0n) is 12.5. The van der Waals surface area contributed by atoms with Crippen LogP contribution in [0.2, 0.25) is 0 Å². The van der Waals surface area contributed by atoms with Gasteiger partial charge in [0.2, 0.25) is 0 Å². The second kappa shape index (κ2) is 6.40. The number of nitrogens with one attached hydrogen (secondary N) is 1. The Morgan fingerprint density at radius 1 is 1.19 bits per heavy atom. The van der Waals surface area contributed by atoms with Crippen LogP contribution in [-0.4, -0.2) is 12.6 Å². The van der Waals surface area contributed by atoms with E-state index in [1.807, 2.05) is 6.07 Å². The maximum absolute atomic E-state index is 13.4. The summed E-state index contributed by atoms with van der Waals surface area (Å²) in [5.74, 6) is 0.409. The van der Waals surface area contributed by atoms with E-state index < -0.39 is 0 Å². The summed E-state index contributed by atoms with van der Waals surface area (Å²) >= 11 is 0. The Labute approximate surface area is 126 Å². The fourth-order valence-electron chi connectivity index (χ4n) is 3.26. The van der Waals surface area contributed by atoms with Crippen LogP contribution < -0.4 is 5.32 Å². The van der Waals surface area contributed by atoms with E-state index in [1.54, 1.807) is 12.1 Å². The van der Waals surface area contributed by atoms with E-state index in [2.05, 4.69) is 36.5 Å². The van der Waals surface area contributed by atoms with Crippen molar-refractivity contribution in [1.29, 1.82) is 0 Å². The average Bonchev–Trinajstić information content (AvgIpc) is 2.46. The number of fused-ring (bicyclic) bond motifs is 1. The van der Waals surface area contributed by atoms with Gasteiger partial charge in [0.25, 0.3) is 0 Å². The zero-order valence-corrected chi connectivity index (χ0v) is 12.5. The molecule has 0 fully saturated rings. The molecule has 0 aliphatic heterocycles. The Balaban J connectivity index is 1.76. The summed E-state index contributed by atoms with van der Waals surface area (Å²) < 4.78 is 13.4. The van der Waals surface area contributed by atoms with Crippen molar-refractivity contribution in [2.45, 2.75) is 38.1 Å². The van der Waals surface area contributed by atoms with Gasteiger partial charge >= 0.3 is 0 Å². The highest BCUT2D eigenvalue weighted by Gasteiger charge is 2.32. The molecule has 0 radical (unpaired) electrons. The third-order valence-electron chi connectivity index (χ3n) is 4.38. The van der Waals surface area contributed by atoms with Gasteiger partial charge in [0, 0.05) is 12.0 Å². The molecule has 0 spiro atoms. The molecular formula is C19H22FN.